The lowest BCUT2D eigenvalue weighted by molar-refractivity contribution is -0.146. The molecular weight excluding hydrogens is 362 g/mol. The standard InChI is InChI=1S/C18H24F2N2O3S/c1-2-11-26(24,25)22-10-8-18(13-22)7-4-9-21(17(18)23)12-14-5-3-6-15(19)16(14)20/h3,5-6H,2,4,7-13H2,1H3. The quantitative estimate of drug-likeness (QED) is 0.781. The molecule has 1 amide bonds. The molecule has 2 aliphatic rings. The number of rotatable bonds is 5. The summed E-state index contributed by atoms with van der Waals surface area (Å²) in [6.45, 7) is 2.82. The highest BCUT2D eigenvalue weighted by atomic mass is 32.2. The molecule has 2 fully saturated rings. The van der Waals surface area contributed by atoms with Crippen molar-refractivity contribution in [1.29, 1.82) is 0 Å². The molecule has 1 aromatic rings. The van der Waals surface area contributed by atoms with Crippen molar-refractivity contribution in [2.45, 2.75) is 39.2 Å². The summed E-state index contributed by atoms with van der Waals surface area (Å²) in [4.78, 5) is 14.6. The van der Waals surface area contributed by atoms with E-state index in [1.165, 1.54) is 21.3 Å². The Kier molecular flexibility index (Phi) is 5.35. The van der Waals surface area contributed by atoms with Crippen molar-refractivity contribution >= 4 is 15.9 Å². The van der Waals surface area contributed by atoms with Crippen LogP contribution >= 0.6 is 0 Å². The van der Waals surface area contributed by atoms with E-state index in [9.17, 15) is 22.0 Å². The highest BCUT2D eigenvalue weighted by molar-refractivity contribution is 7.89. The van der Waals surface area contributed by atoms with Gasteiger partial charge in [-0.2, -0.15) is 0 Å². The van der Waals surface area contributed by atoms with Gasteiger partial charge in [0.2, 0.25) is 15.9 Å². The molecule has 0 N–H and O–H groups in total. The predicted octanol–water partition coefficient (Wildman–Crippen LogP) is 2.52. The first-order valence-corrected chi connectivity index (χ1v) is 10.6. The fraction of sp³-hybridized carbons (Fsp3) is 0.611. The monoisotopic (exact) mass is 386 g/mol. The summed E-state index contributed by atoms with van der Waals surface area (Å²) in [5, 5.41) is 0. The summed E-state index contributed by atoms with van der Waals surface area (Å²) < 4.78 is 53.5. The first-order valence-electron chi connectivity index (χ1n) is 8.99. The third-order valence-corrected chi connectivity index (χ3v) is 7.41. The average molecular weight is 386 g/mol. The van der Waals surface area contributed by atoms with Crippen LogP contribution in [0.5, 0.6) is 0 Å². The Hall–Kier alpha value is -1.54. The number of benzene rings is 1. The predicted molar refractivity (Wildman–Crippen MR) is 93.7 cm³/mol. The topological polar surface area (TPSA) is 57.7 Å². The number of nitrogens with zero attached hydrogens (tertiary/aromatic N) is 2. The van der Waals surface area contributed by atoms with Gasteiger partial charge in [-0.3, -0.25) is 4.79 Å². The second-order valence-corrected chi connectivity index (χ2v) is 9.31. The minimum Gasteiger partial charge on any atom is -0.338 e. The van der Waals surface area contributed by atoms with Crippen molar-refractivity contribution in [3.8, 4) is 0 Å². The van der Waals surface area contributed by atoms with Crippen LogP contribution in [-0.2, 0) is 21.4 Å². The van der Waals surface area contributed by atoms with Gasteiger partial charge in [0, 0.05) is 31.7 Å². The second-order valence-electron chi connectivity index (χ2n) is 7.22. The van der Waals surface area contributed by atoms with Crippen molar-refractivity contribution in [2.75, 3.05) is 25.4 Å². The molecule has 2 saturated heterocycles. The molecule has 3 rings (SSSR count). The summed E-state index contributed by atoms with van der Waals surface area (Å²) in [5.41, 5.74) is -0.591. The van der Waals surface area contributed by atoms with Crippen LogP contribution in [0.25, 0.3) is 0 Å². The highest BCUT2D eigenvalue weighted by Gasteiger charge is 2.50. The van der Waals surface area contributed by atoms with Crippen LogP contribution in [0.4, 0.5) is 8.78 Å². The van der Waals surface area contributed by atoms with Gasteiger partial charge in [-0.25, -0.2) is 21.5 Å². The average Bonchev–Trinajstić information content (AvgIpc) is 3.02. The number of amides is 1. The zero-order chi connectivity index (χ0) is 18.9. The molecule has 0 radical (unpaired) electrons. The van der Waals surface area contributed by atoms with Gasteiger partial charge in [0.25, 0.3) is 0 Å². The Labute approximate surface area is 153 Å². The van der Waals surface area contributed by atoms with Crippen molar-refractivity contribution in [3.05, 3.63) is 35.4 Å². The van der Waals surface area contributed by atoms with Crippen LogP contribution in [0.2, 0.25) is 0 Å². The van der Waals surface area contributed by atoms with Gasteiger partial charge in [-0.05, 0) is 31.7 Å². The number of halogens is 2. The smallest absolute Gasteiger partial charge is 0.230 e. The summed E-state index contributed by atoms with van der Waals surface area (Å²) >= 11 is 0. The molecule has 1 spiro atoms. The summed E-state index contributed by atoms with van der Waals surface area (Å²) in [6.07, 6.45) is 2.37. The number of hydrogen-bond donors (Lipinski definition) is 0. The molecule has 1 atom stereocenters. The molecule has 0 aliphatic carbocycles. The van der Waals surface area contributed by atoms with Crippen molar-refractivity contribution < 1.29 is 22.0 Å². The van der Waals surface area contributed by atoms with Gasteiger partial charge in [-0.15, -0.1) is 0 Å². The SMILES string of the molecule is CCCS(=O)(=O)N1CCC2(CCCN(Cc3cccc(F)c3F)C2=O)C1. The fourth-order valence-corrected chi connectivity index (χ4v) is 5.60. The van der Waals surface area contributed by atoms with Gasteiger partial charge in [0.05, 0.1) is 11.2 Å². The number of likely N-dealkylation sites (tertiary alicyclic amines) is 1. The summed E-state index contributed by atoms with van der Waals surface area (Å²) in [5.74, 6) is -1.94. The maximum atomic E-state index is 14.0. The molecule has 2 heterocycles. The Bertz CT molecular complexity index is 800. The Balaban J connectivity index is 1.77. The van der Waals surface area contributed by atoms with E-state index in [1.54, 1.807) is 0 Å². The van der Waals surface area contributed by atoms with Gasteiger partial charge in [0.15, 0.2) is 11.6 Å². The van der Waals surface area contributed by atoms with E-state index < -0.39 is 27.1 Å². The molecule has 26 heavy (non-hydrogen) atoms. The molecule has 0 saturated carbocycles. The van der Waals surface area contributed by atoms with Crippen LogP contribution in [0.3, 0.4) is 0 Å². The van der Waals surface area contributed by atoms with E-state index in [-0.39, 0.29) is 30.3 Å². The molecule has 8 heteroatoms. The van der Waals surface area contributed by atoms with Crippen LogP contribution in [0.15, 0.2) is 18.2 Å². The zero-order valence-electron chi connectivity index (χ0n) is 14.9. The lowest BCUT2D eigenvalue weighted by Crippen LogP contribution is -2.50. The molecule has 1 unspecified atom stereocenters. The van der Waals surface area contributed by atoms with Gasteiger partial charge in [0.1, 0.15) is 0 Å². The first kappa shape index (κ1) is 19.2. The Morgan fingerprint density at radius 2 is 1.96 bits per heavy atom. The summed E-state index contributed by atoms with van der Waals surface area (Å²) in [7, 11) is -3.34. The maximum absolute atomic E-state index is 14.0. The summed E-state index contributed by atoms with van der Waals surface area (Å²) in [6, 6.07) is 3.94. The van der Waals surface area contributed by atoms with Crippen molar-refractivity contribution in [3.63, 3.8) is 0 Å². The van der Waals surface area contributed by atoms with Crippen LogP contribution in [0, 0.1) is 17.0 Å². The third-order valence-electron chi connectivity index (χ3n) is 5.39. The minimum absolute atomic E-state index is 0.00584. The molecular formula is C18H24F2N2O3S. The number of sulfonamides is 1. The molecule has 5 nitrogen and oxygen atoms in total. The highest BCUT2D eigenvalue weighted by Crippen LogP contribution is 2.41. The number of hydrogen-bond acceptors (Lipinski definition) is 3. The first-order chi connectivity index (χ1) is 12.3. The molecule has 2 aliphatic heterocycles. The van der Waals surface area contributed by atoms with Crippen molar-refractivity contribution in [2.24, 2.45) is 5.41 Å². The largest absolute Gasteiger partial charge is 0.338 e. The van der Waals surface area contributed by atoms with E-state index in [4.69, 9.17) is 0 Å². The number of carbonyl (C=O) groups is 1. The normalized spacial score (nSPS) is 24.6. The number of carbonyl (C=O) groups excluding carboxylic acids is 1. The second kappa shape index (κ2) is 7.23. The minimum atomic E-state index is -3.34. The molecule has 0 aromatic heterocycles. The van der Waals surface area contributed by atoms with Crippen LogP contribution < -0.4 is 0 Å². The lowest BCUT2D eigenvalue weighted by Gasteiger charge is -2.39. The van der Waals surface area contributed by atoms with E-state index in [0.717, 1.165) is 12.5 Å². The molecule has 1 aromatic carbocycles. The molecule has 144 valence electrons. The zero-order valence-corrected chi connectivity index (χ0v) is 15.7. The van der Waals surface area contributed by atoms with Gasteiger partial charge in [-0.1, -0.05) is 19.1 Å². The Morgan fingerprint density at radius 1 is 1.19 bits per heavy atom. The number of piperidine rings is 1. The van der Waals surface area contributed by atoms with E-state index in [1.807, 2.05) is 6.92 Å². The van der Waals surface area contributed by atoms with Crippen molar-refractivity contribution in [1.82, 2.24) is 9.21 Å². The van der Waals surface area contributed by atoms with Crippen LogP contribution in [-0.4, -0.2) is 48.9 Å². The fourth-order valence-electron chi connectivity index (χ4n) is 4.02. The van der Waals surface area contributed by atoms with Gasteiger partial charge < -0.3 is 4.90 Å². The Morgan fingerprint density at radius 3 is 2.69 bits per heavy atom. The third kappa shape index (κ3) is 3.49. The van der Waals surface area contributed by atoms with E-state index in [2.05, 4.69) is 0 Å². The maximum Gasteiger partial charge on any atom is 0.230 e. The lowest BCUT2D eigenvalue weighted by atomic mass is 9.78. The molecule has 0 bridgehead atoms. The van der Waals surface area contributed by atoms with Crippen LogP contribution in [0.1, 0.15) is 38.2 Å². The van der Waals surface area contributed by atoms with Gasteiger partial charge >= 0.3 is 0 Å². The van der Waals surface area contributed by atoms with E-state index >= 15 is 0 Å². The van der Waals surface area contributed by atoms with E-state index in [0.29, 0.717) is 32.4 Å².